The van der Waals surface area contributed by atoms with Crippen LogP contribution in [0.3, 0.4) is 0 Å². The molecule has 3 heterocycles. The van der Waals surface area contributed by atoms with Gasteiger partial charge in [0.2, 0.25) is 5.88 Å². The highest BCUT2D eigenvalue weighted by molar-refractivity contribution is 7.99. The van der Waals surface area contributed by atoms with Crippen LogP contribution in [0.25, 0.3) is 11.1 Å². The Hall–Kier alpha value is -1.87. The van der Waals surface area contributed by atoms with Crippen molar-refractivity contribution >= 4 is 11.8 Å². The maximum Gasteiger partial charge on any atom is 0.221 e. The van der Waals surface area contributed by atoms with Crippen molar-refractivity contribution in [1.29, 1.82) is 0 Å². The largest absolute Gasteiger partial charge is 0.481 e. The average molecular weight is 350 g/mol. The monoisotopic (exact) mass is 350 g/mol. The predicted molar refractivity (Wildman–Crippen MR) is 88.9 cm³/mol. The van der Waals surface area contributed by atoms with E-state index in [1.165, 1.54) is 18.0 Å². The van der Waals surface area contributed by atoms with Crippen LogP contribution in [0.15, 0.2) is 36.8 Å². The van der Waals surface area contributed by atoms with Crippen molar-refractivity contribution in [3.8, 4) is 22.8 Å². The van der Waals surface area contributed by atoms with Gasteiger partial charge in [0.25, 0.3) is 0 Å². The third-order valence-electron chi connectivity index (χ3n) is 3.70. The van der Waals surface area contributed by atoms with Crippen LogP contribution in [0.4, 0.5) is 0 Å². The number of aromatic nitrogens is 2. The lowest BCUT2D eigenvalue weighted by molar-refractivity contribution is -0.0786. The van der Waals surface area contributed by atoms with Gasteiger partial charge < -0.3 is 24.8 Å². The fraction of sp³-hybridized carbons (Fsp3) is 0.375. The van der Waals surface area contributed by atoms with Gasteiger partial charge in [-0.25, -0.2) is 4.98 Å². The Morgan fingerprint density at radius 1 is 1.21 bits per heavy atom. The Morgan fingerprint density at radius 3 is 2.83 bits per heavy atom. The highest BCUT2D eigenvalue weighted by Gasteiger charge is 2.38. The number of rotatable bonds is 4. The first kappa shape index (κ1) is 17.0. The lowest BCUT2D eigenvalue weighted by atomic mass is 10.1. The summed E-state index contributed by atoms with van der Waals surface area (Å²) in [6.45, 7) is 0. The zero-order valence-corrected chi connectivity index (χ0v) is 13.8. The second-order valence-corrected chi connectivity index (χ2v) is 6.47. The summed E-state index contributed by atoms with van der Waals surface area (Å²) in [5.41, 5.74) is 0.842. The van der Waals surface area contributed by atoms with Crippen molar-refractivity contribution in [2.75, 3.05) is 12.9 Å². The van der Waals surface area contributed by atoms with Gasteiger partial charge in [0, 0.05) is 29.3 Å². The van der Waals surface area contributed by atoms with Gasteiger partial charge in [-0.3, -0.25) is 4.98 Å². The molecule has 7 nitrogen and oxygen atoms in total. The molecule has 2 aromatic heterocycles. The molecule has 1 fully saturated rings. The Morgan fingerprint density at radius 2 is 2.04 bits per heavy atom. The zero-order chi connectivity index (χ0) is 17.1. The van der Waals surface area contributed by atoms with E-state index in [1.54, 1.807) is 31.6 Å². The molecule has 1 aliphatic heterocycles. The van der Waals surface area contributed by atoms with Gasteiger partial charge in [-0.05, 0) is 18.2 Å². The van der Waals surface area contributed by atoms with Gasteiger partial charge in [-0.2, -0.15) is 0 Å². The number of ether oxygens (including phenoxy) is 2. The highest BCUT2D eigenvalue weighted by Crippen LogP contribution is 2.32. The van der Waals surface area contributed by atoms with Crippen LogP contribution in [-0.2, 0) is 0 Å². The first-order valence-electron chi connectivity index (χ1n) is 7.37. The summed E-state index contributed by atoms with van der Waals surface area (Å²) in [5, 5.41) is 29.4. The van der Waals surface area contributed by atoms with Gasteiger partial charge in [-0.15, -0.1) is 11.8 Å². The van der Waals surface area contributed by atoms with Gasteiger partial charge in [0.05, 0.1) is 19.4 Å². The maximum absolute atomic E-state index is 10.0. The fourth-order valence-electron chi connectivity index (χ4n) is 2.42. The molecule has 0 saturated carbocycles. The standard InChI is InChI=1S/C16H18N2O5S/c1-22-15-11(3-2-4-18-15)9-5-10(7-17-6-9)23-16-14(21)13(20)12(19)8-24-16/h2-7,12-14,16,19-21H,8H2,1H3/t12-,13+,14-,16-/m1/s1. The minimum Gasteiger partial charge on any atom is -0.481 e. The van der Waals surface area contributed by atoms with Gasteiger partial charge >= 0.3 is 0 Å². The predicted octanol–water partition coefficient (Wildman–Crippen LogP) is 0.687. The number of thioether (sulfide) groups is 1. The van der Waals surface area contributed by atoms with Crippen molar-refractivity contribution in [1.82, 2.24) is 9.97 Å². The number of pyridine rings is 2. The molecule has 0 radical (unpaired) electrons. The van der Waals surface area contributed by atoms with Crippen LogP contribution in [0.5, 0.6) is 11.6 Å². The molecule has 3 rings (SSSR count). The molecule has 0 spiro atoms. The first-order valence-corrected chi connectivity index (χ1v) is 8.42. The molecule has 24 heavy (non-hydrogen) atoms. The number of methoxy groups -OCH3 is 1. The summed E-state index contributed by atoms with van der Waals surface area (Å²) in [4.78, 5) is 8.30. The Bertz CT molecular complexity index is 702. The molecule has 1 aliphatic rings. The first-order chi connectivity index (χ1) is 11.6. The highest BCUT2D eigenvalue weighted by atomic mass is 32.2. The Kier molecular flexibility index (Phi) is 5.20. The topological polar surface area (TPSA) is 105 Å². The van der Waals surface area contributed by atoms with E-state index in [4.69, 9.17) is 9.47 Å². The van der Waals surface area contributed by atoms with Gasteiger partial charge in [0.15, 0.2) is 5.44 Å². The average Bonchev–Trinajstić information content (AvgIpc) is 2.62. The van der Waals surface area contributed by atoms with E-state index in [9.17, 15) is 15.3 Å². The van der Waals surface area contributed by atoms with Crippen molar-refractivity contribution < 1.29 is 24.8 Å². The number of aliphatic hydroxyl groups is 3. The Labute approximate surface area is 143 Å². The van der Waals surface area contributed by atoms with E-state index in [1.807, 2.05) is 6.07 Å². The molecule has 8 heteroatoms. The lowest BCUT2D eigenvalue weighted by Gasteiger charge is -2.34. The van der Waals surface area contributed by atoms with Gasteiger partial charge in [0.1, 0.15) is 18.0 Å². The van der Waals surface area contributed by atoms with Crippen molar-refractivity contribution in [2.45, 2.75) is 23.7 Å². The van der Waals surface area contributed by atoms with E-state index < -0.39 is 23.7 Å². The molecule has 0 unspecified atom stereocenters. The van der Waals surface area contributed by atoms with Crippen LogP contribution in [0.2, 0.25) is 0 Å². The molecule has 0 aliphatic carbocycles. The molecule has 1 saturated heterocycles. The maximum atomic E-state index is 10.0. The minimum atomic E-state index is -1.23. The normalized spacial score (nSPS) is 26.8. The van der Waals surface area contributed by atoms with E-state index in [0.717, 1.165) is 11.1 Å². The number of aliphatic hydroxyl groups excluding tert-OH is 3. The minimum absolute atomic E-state index is 0.284. The summed E-state index contributed by atoms with van der Waals surface area (Å²) < 4.78 is 11.0. The van der Waals surface area contributed by atoms with Crippen molar-refractivity contribution in [3.63, 3.8) is 0 Å². The van der Waals surface area contributed by atoms with Gasteiger partial charge in [-0.1, -0.05) is 0 Å². The third kappa shape index (κ3) is 3.46. The second-order valence-electron chi connectivity index (χ2n) is 5.34. The van der Waals surface area contributed by atoms with E-state index >= 15 is 0 Å². The summed E-state index contributed by atoms with van der Waals surface area (Å²) in [5.74, 6) is 1.20. The quantitative estimate of drug-likeness (QED) is 0.740. The van der Waals surface area contributed by atoms with Crippen LogP contribution < -0.4 is 9.47 Å². The van der Waals surface area contributed by atoms with E-state index in [2.05, 4.69) is 9.97 Å². The van der Waals surface area contributed by atoms with Crippen molar-refractivity contribution in [2.24, 2.45) is 0 Å². The molecular weight excluding hydrogens is 332 g/mol. The second kappa shape index (κ2) is 7.35. The molecule has 128 valence electrons. The Balaban J connectivity index is 1.81. The molecule has 3 N–H and O–H groups in total. The number of hydrogen-bond acceptors (Lipinski definition) is 8. The summed E-state index contributed by atoms with van der Waals surface area (Å²) in [6, 6.07) is 5.41. The molecule has 2 aromatic rings. The van der Waals surface area contributed by atoms with E-state index in [0.29, 0.717) is 11.6 Å². The molecule has 4 atom stereocenters. The molecule has 0 bridgehead atoms. The van der Waals surface area contributed by atoms with Crippen LogP contribution >= 0.6 is 11.8 Å². The lowest BCUT2D eigenvalue weighted by Crippen LogP contribution is -2.50. The van der Waals surface area contributed by atoms with Crippen molar-refractivity contribution in [3.05, 3.63) is 36.8 Å². The third-order valence-corrected chi connectivity index (χ3v) is 4.93. The van der Waals surface area contributed by atoms with E-state index in [-0.39, 0.29) is 5.75 Å². The summed E-state index contributed by atoms with van der Waals surface area (Å²) in [7, 11) is 1.54. The smallest absolute Gasteiger partial charge is 0.221 e. The molecule has 0 aromatic carbocycles. The number of nitrogens with zero attached hydrogens (tertiary/aromatic N) is 2. The van der Waals surface area contributed by atoms with Crippen LogP contribution in [0.1, 0.15) is 0 Å². The molecular formula is C16H18N2O5S. The number of hydrogen-bond donors (Lipinski definition) is 3. The SMILES string of the molecule is COc1ncccc1-c1cncc(O[C@@H]2SC[C@@H](O)[C@H](O)[C@H]2O)c1. The summed E-state index contributed by atoms with van der Waals surface area (Å²) in [6.07, 6.45) is 1.44. The van der Waals surface area contributed by atoms with Crippen LogP contribution in [0, 0.1) is 0 Å². The molecule has 0 amide bonds. The summed E-state index contributed by atoms with van der Waals surface area (Å²) >= 11 is 1.24. The fourth-order valence-corrected chi connectivity index (χ4v) is 3.54. The van der Waals surface area contributed by atoms with Crippen LogP contribution in [-0.4, -0.2) is 61.9 Å². The zero-order valence-electron chi connectivity index (χ0n) is 12.9.